The topological polar surface area (TPSA) is 46.3 Å². The van der Waals surface area contributed by atoms with Crippen LogP contribution in [-0.2, 0) is 4.79 Å². The Bertz CT molecular complexity index is 187. The Morgan fingerprint density at radius 3 is 3.00 bits per heavy atom. The molecule has 2 N–H and O–H groups in total. The molecule has 1 rings (SSSR count). The first kappa shape index (κ1) is 11.9. The molecule has 1 aliphatic rings. The van der Waals surface area contributed by atoms with Gasteiger partial charge in [0.2, 0.25) is 5.91 Å². The van der Waals surface area contributed by atoms with Crippen molar-refractivity contribution in [2.75, 3.05) is 24.6 Å². The number of hydrogen-bond donors (Lipinski definition) is 1. The molecule has 1 aliphatic heterocycles. The van der Waals surface area contributed by atoms with Crippen LogP contribution in [0.5, 0.6) is 0 Å². The summed E-state index contributed by atoms with van der Waals surface area (Å²) in [5.41, 5.74) is 5.37. The van der Waals surface area contributed by atoms with Gasteiger partial charge in [0.1, 0.15) is 0 Å². The number of carbonyl (C=O) groups is 1. The first-order valence-electron chi connectivity index (χ1n) is 5.33. The van der Waals surface area contributed by atoms with Gasteiger partial charge in [-0.15, -0.1) is 0 Å². The predicted molar refractivity (Wildman–Crippen MR) is 61.4 cm³/mol. The second kappa shape index (κ2) is 6.30. The van der Waals surface area contributed by atoms with Crippen LogP contribution < -0.4 is 5.73 Å². The molecule has 1 unspecified atom stereocenters. The van der Waals surface area contributed by atoms with Gasteiger partial charge >= 0.3 is 0 Å². The highest BCUT2D eigenvalue weighted by Crippen LogP contribution is 2.17. The Labute approximate surface area is 90.4 Å². The Morgan fingerprint density at radius 1 is 1.57 bits per heavy atom. The van der Waals surface area contributed by atoms with Gasteiger partial charge in [0.25, 0.3) is 0 Å². The SMILES string of the molecule is CC1CCCCN1C(=O)CSCCN. The van der Waals surface area contributed by atoms with Gasteiger partial charge < -0.3 is 10.6 Å². The van der Waals surface area contributed by atoms with Crippen molar-refractivity contribution in [1.29, 1.82) is 0 Å². The number of carbonyl (C=O) groups excluding carboxylic acids is 1. The largest absolute Gasteiger partial charge is 0.339 e. The third-order valence-corrected chi connectivity index (χ3v) is 3.59. The maximum Gasteiger partial charge on any atom is 0.232 e. The van der Waals surface area contributed by atoms with Gasteiger partial charge in [-0.05, 0) is 26.2 Å². The van der Waals surface area contributed by atoms with Crippen LogP contribution in [0.3, 0.4) is 0 Å². The van der Waals surface area contributed by atoms with Crippen molar-refractivity contribution in [3.05, 3.63) is 0 Å². The zero-order valence-corrected chi connectivity index (χ0v) is 9.68. The molecule has 1 fully saturated rings. The van der Waals surface area contributed by atoms with E-state index in [1.54, 1.807) is 11.8 Å². The molecule has 0 saturated carbocycles. The molecule has 1 heterocycles. The van der Waals surface area contributed by atoms with E-state index in [4.69, 9.17) is 5.73 Å². The third kappa shape index (κ3) is 3.50. The summed E-state index contributed by atoms with van der Waals surface area (Å²) in [6.45, 7) is 3.75. The first-order chi connectivity index (χ1) is 6.75. The number of likely N-dealkylation sites (tertiary alicyclic amines) is 1. The molecule has 0 aromatic rings. The van der Waals surface area contributed by atoms with Crippen molar-refractivity contribution in [3.8, 4) is 0 Å². The van der Waals surface area contributed by atoms with Gasteiger partial charge in [0.15, 0.2) is 0 Å². The monoisotopic (exact) mass is 216 g/mol. The van der Waals surface area contributed by atoms with E-state index in [1.165, 1.54) is 6.42 Å². The summed E-state index contributed by atoms with van der Waals surface area (Å²) in [4.78, 5) is 13.8. The summed E-state index contributed by atoms with van der Waals surface area (Å²) >= 11 is 1.64. The maximum absolute atomic E-state index is 11.7. The van der Waals surface area contributed by atoms with Crippen LogP contribution in [0.4, 0.5) is 0 Å². The number of piperidine rings is 1. The first-order valence-corrected chi connectivity index (χ1v) is 6.48. The molecule has 0 aliphatic carbocycles. The van der Waals surface area contributed by atoms with Crippen LogP contribution in [0, 0.1) is 0 Å². The smallest absolute Gasteiger partial charge is 0.232 e. The van der Waals surface area contributed by atoms with Crippen molar-refractivity contribution in [2.45, 2.75) is 32.2 Å². The molecule has 0 spiro atoms. The lowest BCUT2D eigenvalue weighted by Crippen LogP contribution is -2.43. The Kier molecular flexibility index (Phi) is 5.33. The van der Waals surface area contributed by atoms with Gasteiger partial charge in [-0.3, -0.25) is 4.79 Å². The molecule has 1 amide bonds. The number of rotatable bonds is 4. The van der Waals surface area contributed by atoms with E-state index < -0.39 is 0 Å². The molecule has 0 aromatic carbocycles. The second-order valence-electron chi connectivity index (χ2n) is 3.77. The normalized spacial score (nSPS) is 22.4. The molecule has 82 valence electrons. The number of nitrogens with zero attached hydrogens (tertiary/aromatic N) is 1. The molecule has 4 heteroatoms. The number of amides is 1. The van der Waals surface area contributed by atoms with Crippen molar-refractivity contribution in [1.82, 2.24) is 4.90 Å². The standard InChI is InChI=1S/C10H20N2OS/c1-9-4-2-3-6-12(9)10(13)8-14-7-5-11/h9H,2-8,11H2,1H3. The molecular formula is C10H20N2OS. The summed E-state index contributed by atoms with van der Waals surface area (Å²) in [6, 6.07) is 0.440. The summed E-state index contributed by atoms with van der Waals surface area (Å²) in [5.74, 6) is 1.77. The van der Waals surface area contributed by atoms with Crippen molar-refractivity contribution >= 4 is 17.7 Å². The zero-order valence-electron chi connectivity index (χ0n) is 8.87. The van der Waals surface area contributed by atoms with Crippen LogP contribution >= 0.6 is 11.8 Å². The summed E-state index contributed by atoms with van der Waals surface area (Å²) < 4.78 is 0. The zero-order chi connectivity index (χ0) is 10.4. The Hall–Kier alpha value is -0.220. The van der Waals surface area contributed by atoms with E-state index >= 15 is 0 Å². The lowest BCUT2D eigenvalue weighted by molar-refractivity contribution is -0.131. The Morgan fingerprint density at radius 2 is 2.36 bits per heavy atom. The van der Waals surface area contributed by atoms with E-state index in [-0.39, 0.29) is 5.91 Å². The molecule has 0 bridgehead atoms. The lowest BCUT2D eigenvalue weighted by atomic mass is 10.0. The minimum Gasteiger partial charge on any atom is -0.339 e. The van der Waals surface area contributed by atoms with Crippen LogP contribution in [-0.4, -0.2) is 41.4 Å². The fraction of sp³-hybridized carbons (Fsp3) is 0.900. The highest BCUT2D eigenvalue weighted by Gasteiger charge is 2.22. The Balaban J connectivity index is 2.27. The summed E-state index contributed by atoms with van der Waals surface area (Å²) in [7, 11) is 0. The quantitative estimate of drug-likeness (QED) is 0.715. The van der Waals surface area contributed by atoms with E-state index in [2.05, 4.69) is 6.92 Å². The average molecular weight is 216 g/mol. The lowest BCUT2D eigenvalue weighted by Gasteiger charge is -2.33. The molecular weight excluding hydrogens is 196 g/mol. The van der Waals surface area contributed by atoms with E-state index in [0.717, 1.165) is 25.1 Å². The molecule has 3 nitrogen and oxygen atoms in total. The maximum atomic E-state index is 11.7. The minimum atomic E-state index is 0.288. The highest BCUT2D eigenvalue weighted by atomic mass is 32.2. The third-order valence-electron chi connectivity index (χ3n) is 2.61. The van der Waals surface area contributed by atoms with Crippen LogP contribution in [0.1, 0.15) is 26.2 Å². The summed E-state index contributed by atoms with van der Waals surface area (Å²) in [6.07, 6.45) is 3.59. The van der Waals surface area contributed by atoms with Gasteiger partial charge in [-0.25, -0.2) is 0 Å². The average Bonchev–Trinajstić information content (AvgIpc) is 2.18. The molecule has 14 heavy (non-hydrogen) atoms. The number of thioether (sulfide) groups is 1. The van der Waals surface area contributed by atoms with Crippen LogP contribution in [0.25, 0.3) is 0 Å². The fourth-order valence-corrected chi connectivity index (χ4v) is 2.45. The molecule has 1 atom stereocenters. The van der Waals surface area contributed by atoms with Gasteiger partial charge in [-0.1, -0.05) is 0 Å². The fourth-order valence-electron chi connectivity index (χ4n) is 1.79. The molecule has 1 saturated heterocycles. The minimum absolute atomic E-state index is 0.288. The number of nitrogens with two attached hydrogens (primary N) is 1. The van der Waals surface area contributed by atoms with Crippen LogP contribution in [0.2, 0.25) is 0 Å². The van der Waals surface area contributed by atoms with E-state index in [1.807, 2.05) is 4.90 Å². The molecule has 0 aromatic heterocycles. The molecule has 0 radical (unpaired) electrons. The second-order valence-corrected chi connectivity index (χ2v) is 4.88. The summed E-state index contributed by atoms with van der Waals surface area (Å²) in [5, 5.41) is 0. The van der Waals surface area contributed by atoms with Crippen molar-refractivity contribution < 1.29 is 4.79 Å². The van der Waals surface area contributed by atoms with E-state index in [9.17, 15) is 4.79 Å². The van der Waals surface area contributed by atoms with Gasteiger partial charge in [-0.2, -0.15) is 11.8 Å². The van der Waals surface area contributed by atoms with Gasteiger partial charge in [0.05, 0.1) is 5.75 Å². The highest BCUT2D eigenvalue weighted by molar-refractivity contribution is 7.99. The predicted octanol–water partition coefficient (Wildman–Crippen LogP) is 1.08. The van der Waals surface area contributed by atoms with Crippen molar-refractivity contribution in [2.24, 2.45) is 5.73 Å². The van der Waals surface area contributed by atoms with Crippen LogP contribution in [0.15, 0.2) is 0 Å². The van der Waals surface area contributed by atoms with E-state index in [0.29, 0.717) is 18.3 Å². The van der Waals surface area contributed by atoms with Gasteiger partial charge in [0, 0.05) is 24.9 Å². The number of hydrogen-bond acceptors (Lipinski definition) is 3. The van der Waals surface area contributed by atoms with Crippen molar-refractivity contribution in [3.63, 3.8) is 0 Å².